The van der Waals surface area contributed by atoms with Crippen LogP contribution in [0.2, 0.25) is 0 Å². The Labute approximate surface area is 106 Å². The minimum absolute atomic E-state index is 0.0711. The van der Waals surface area contributed by atoms with Gasteiger partial charge in [-0.25, -0.2) is 4.98 Å². The largest absolute Gasteiger partial charge is 0.379 e. The van der Waals surface area contributed by atoms with Gasteiger partial charge >= 0.3 is 0 Å². The number of nitrogens with one attached hydrogen (secondary N) is 3. The number of amides is 1. The van der Waals surface area contributed by atoms with Crippen molar-refractivity contribution in [2.75, 3.05) is 12.4 Å². The highest BCUT2D eigenvalue weighted by atomic mass is 16.1. The van der Waals surface area contributed by atoms with E-state index in [-0.39, 0.29) is 5.91 Å². The van der Waals surface area contributed by atoms with E-state index >= 15 is 0 Å². The second-order valence-electron chi connectivity index (χ2n) is 4.04. The van der Waals surface area contributed by atoms with E-state index in [4.69, 9.17) is 0 Å². The van der Waals surface area contributed by atoms with Crippen molar-refractivity contribution in [3.63, 3.8) is 0 Å². The molecule has 0 saturated carbocycles. The summed E-state index contributed by atoms with van der Waals surface area (Å²) in [6.07, 6.45) is 3.43. The Kier molecular flexibility index (Phi) is 3.62. The van der Waals surface area contributed by atoms with Gasteiger partial charge in [-0.15, -0.1) is 0 Å². The van der Waals surface area contributed by atoms with Crippen LogP contribution in [-0.4, -0.2) is 22.9 Å². The Hall–Kier alpha value is -2.30. The summed E-state index contributed by atoms with van der Waals surface area (Å²) in [6, 6.07) is 5.59. The van der Waals surface area contributed by atoms with E-state index in [1.54, 1.807) is 25.6 Å². The van der Waals surface area contributed by atoms with Crippen LogP contribution in [0.25, 0.3) is 0 Å². The van der Waals surface area contributed by atoms with Gasteiger partial charge in [-0.3, -0.25) is 4.79 Å². The fourth-order valence-corrected chi connectivity index (χ4v) is 1.72. The number of H-pyrrole nitrogens is 1. The molecule has 0 saturated heterocycles. The number of benzene rings is 1. The minimum Gasteiger partial charge on any atom is -0.379 e. The van der Waals surface area contributed by atoms with Crippen molar-refractivity contribution >= 4 is 11.6 Å². The molecule has 0 unspecified atom stereocenters. The maximum absolute atomic E-state index is 11.5. The van der Waals surface area contributed by atoms with Gasteiger partial charge in [-0.05, 0) is 30.7 Å². The second kappa shape index (κ2) is 5.35. The number of rotatable bonds is 4. The number of nitrogens with zero attached hydrogens (tertiary/aromatic N) is 1. The summed E-state index contributed by atoms with van der Waals surface area (Å²) in [5.41, 5.74) is 3.74. The number of aromatic amines is 1. The lowest BCUT2D eigenvalue weighted by Gasteiger charge is -2.10. The smallest absolute Gasteiger partial charge is 0.251 e. The highest BCUT2D eigenvalue weighted by molar-refractivity contribution is 5.94. The molecule has 1 amide bonds. The average Bonchev–Trinajstić information content (AvgIpc) is 2.89. The number of hydrogen-bond acceptors (Lipinski definition) is 3. The van der Waals surface area contributed by atoms with Gasteiger partial charge in [0.2, 0.25) is 0 Å². The van der Waals surface area contributed by atoms with Crippen molar-refractivity contribution in [1.29, 1.82) is 0 Å². The topological polar surface area (TPSA) is 69.8 Å². The van der Waals surface area contributed by atoms with Gasteiger partial charge < -0.3 is 15.6 Å². The summed E-state index contributed by atoms with van der Waals surface area (Å²) in [7, 11) is 1.63. The highest BCUT2D eigenvalue weighted by Crippen LogP contribution is 2.17. The van der Waals surface area contributed by atoms with Crippen molar-refractivity contribution in [3.8, 4) is 0 Å². The van der Waals surface area contributed by atoms with Gasteiger partial charge in [0.05, 0.1) is 18.6 Å². The Morgan fingerprint density at radius 3 is 2.89 bits per heavy atom. The third kappa shape index (κ3) is 2.68. The van der Waals surface area contributed by atoms with Crippen molar-refractivity contribution in [2.45, 2.75) is 13.5 Å². The second-order valence-corrected chi connectivity index (χ2v) is 4.04. The lowest BCUT2D eigenvalue weighted by Crippen LogP contribution is -2.17. The van der Waals surface area contributed by atoms with Gasteiger partial charge in [0.1, 0.15) is 0 Å². The van der Waals surface area contributed by atoms with Crippen LogP contribution in [0.5, 0.6) is 0 Å². The van der Waals surface area contributed by atoms with Crippen molar-refractivity contribution < 1.29 is 4.79 Å². The molecule has 0 aliphatic carbocycles. The fraction of sp³-hybridized carbons (Fsp3) is 0.231. The fourth-order valence-electron chi connectivity index (χ4n) is 1.72. The molecule has 1 heterocycles. The highest BCUT2D eigenvalue weighted by Gasteiger charge is 2.05. The average molecular weight is 244 g/mol. The van der Waals surface area contributed by atoms with Gasteiger partial charge in [-0.1, -0.05) is 0 Å². The zero-order valence-electron chi connectivity index (χ0n) is 10.4. The molecule has 5 nitrogen and oxygen atoms in total. The van der Waals surface area contributed by atoms with Crippen molar-refractivity contribution in [2.24, 2.45) is 0 Å². The van der Waals surface area contributed by atoms with Gasteiger partial charge in [0, 0.05) is 24.5 Å². The monoisotopic (exact) mass is 244 g/mol. The van der Waals surface area contributed by atoms with Crippen molar-refractivity contribution in [1.82, 2.24) is 15.3 Å². The molecule has 0 spiro atoms. The maximum atomic E-state index is 11.5. The number of aryl methyl sites for hydroxylation is 1. The Morgan fingerprint density at radius 1 is 1.44 bits per heavy atom. The summed E-state index contributed by atoms with van der Waals surface area (Å²) in [4.78, 5) is 18.5. The molecule has 5 heteroatoms. The van der Waals surface area contributed by atoms with E-state index in [0.29, 0.717) is 12.1 Å². The molecule has 0 aliphatic rings. The number of carbonyl (C=O) groups is 1. The summed E-state index contributed by atoms with van der Waals surface area (Å²) in [5, 5.41) is 5.91. The molecule has 0 bridgehead atoms. The quantitative estimate of drug-likeness (QED) is 0.766. The van der Waals surface area contributed by atoms with Crippen LogP contribution < -0.4 is 10.6 Å². The Morgan fingerprint density at radius 2 is 2.28 bits per heavy atom. The van der Waals surface area contributed by atoms with E-state index in [1.807, 2.05) is 19.1 Å². The molecule has 0 fully saturated rings. The number of hydrogen-bond donors (Lipinski definition) is 3. The van der Waals surface area contributed by atoms with Crippen LogP contribution in [0.1, 0.15) is 21.6 Å². The zero-order chi connectivity index (χ0) is 13.0. The number of carbonyl (C=O) groups excluding carboxylic acids is 1. The number of imidazole rings is 1. The molecule has 18 heavy (non-hydrogen) atoms. The van der Waals surface area contributed by atoms with Crippen LogP contribution in [0.4, 0.5) is 5.69 Å². The first-order valence-corrected chi connectivity index (χ1v) is 5.74. The summed E-state index contributed by atoms with van der Waals surface area (Å²) in [5.74, 6) is -0.0711. The number of aromatic nitrogens is 2. The predicted octanol–water partition coefficient (Wildman–Crippen LogP) is 1.69. The molecular weight excluding hydrogens is 228 g/mol. The van der Waals surface area contributed by atoms with E-state index < -0.39 is 0 Å². The molecule has 94 valence electrons. The molecular formula is C13H16N4O. The molecule has 2 rings (SSSR count). The summed E-state index contributed by atoms with van der Waals surface area (Å²) in [6.45, 7) is 2.65. The van der Waals surface area contributed by atoms with Gasteiger partial charge in [0.15, 0.2) is 0 Å². The third-order valence-electron chi connectivity index (χ3n) is 2.74. The maximum Gasteiger partial charge on any atom is 0.251 e. The first-order chi connectivity index (χ1) is 8.70. The SMILES string of the molecule is CNC(=O)c1ccc(NCc2cnc[nH]2)c(C)c1. The predicted molar refractivity (Wildman–Crippen MR) is 70.5 cm³/mol. The van der Waals surface area contributed by atoms with Crippen LogP contribution in [-0.2, 0) is 6.54 Å². The number of anilines is 1. The van der Waals surface area contributed by atoms with Crippen molar-refractivity contribution in [3.05, 3.63) is 47.5 Å². The van der Waals surface area contributed by atoms with Crippen LogP contribution in [0, 0.1) is 6.92 Å². The summed E-state index contributed by atoms with van der Waals surface area (Å²) >= 11 is 0. The Bertz CT molecular complexity index is 534. The molecule has 0 radical (unpaired) electrons. The lowest BCUT2D eigenvalue weighted by molar-refractivity contribution is 0.0963. The minimum atomic E-state index is -0.0711. The Balaban J connectivity index is 2.08. The van der Waals surface area contributed by atoms with E-state index in [2.05, 4.69) is 20.6 Å². The molecule has 3 N–H and O–H groups in total. The van der Waals surface area contributed by atoms with Gasteiger partial charge in [0.25, 0.3) is 5.91 Å². The molecule has 1 aromatic heterocycles. The van der Waals surface area contributed by atoms with E-state index in [1.165, 1.54) is 0 Å². The third-order valence-corrected chi connectivity index (χ3v) is 2.74. The molecule has 0 atom stereocenters. The van der Waals surface area contributed by atoms with E-state index in [0.717, 1.165) is 16.9 Å². The molecule has 0 aliphatic heterocycles. The van der Waals surface area contributed by atoms with Crippen LogP contribution in [0.3, 0.4) is 0 Å². The molecule has 2 aromatic rings. The van der Waals surface area contributed by atoms with E-state index in [9.17, 15) is 4.79 Å². The standard InChI is InChI=1S/C13H16N4O/c1-9-5-10(13(18)14-2)3-4-12(9)16-7-11-6-15-8-17-11/h3-6,8,16H,7H2,1-2H3,(H,14,18)(H,15,17). The first-order valence-electron chi connectivity index (χ1n) is 5.74. The summed E-state index contributed by atoms with van der Waals surface area (Å²) < 4.78 is 0. The zero-order valence-corrected chi connectivity index (χ0v) is 10.4. The normalized spacial score (nSPS) is 10.1. The first kappa shape index (κ1) is 12.2. The van der Waals surface area contributed by atoms with Crippen LogP contribution >= 0.6 is 0 Å². The van der Waals surface area contributed by atoms with Crippen LogP contribution in [0.15, 0.2) is 30.7 Å². The lowest BCUT2D eigenvalue weighted by atomic mass is 10.1. The van der Waals surface area contributed by atoms with Gasteiger partial charge in [-0.2, -0.15) is 0 Å². The molecule has 1 aromatic carbocycles.